The van der Waals surface area contributed by atoms with E-state index in [2.05, 4.69) is 20.6 Å². The summed E-state index contributed by atoms with van der Waals surface area (Å²) in [6, 6.07) is 18.4. The summed E-state index contributed by atoms with van der Waals surface area (Å²) in [6.07, 6.45) is -4.62. The monoisotopic (exact) mass is 463 g/mol. The number of rotatable bonds is 4. The smallest absolute Gasteiger partial charge is 0.344 e. The lowest BCUT2D eigenvalue weighted by Gasteiger charge is -2.12. The maximum atomic E-state index is 13.5. The maximum Gasteiger partial charge on any atom is 0.417 e. The number of amides is 2. The third-order valence-corrected chi connectivity index (χ3v) is 4.97. The molecule has 34 heavy (non-hydrogen) atoms. The second-order valence-electron chi connectivity index (χ2n) is 7.31. The second kappa shape index (κ2) is 9.07. The predicted octanol–water partition coefficient (Wildman–Crippen LogP) is 4.38. The molecule has 0 fully saturated rings. The lowest BCUT2D eigenvalue weighted by Crippen LogP contribution is -2.35. The molecule has 0 spiro atoms. The highest BCUT2D eigenvalue weighted by molar-refractivity contribution is 6.39. The van der Waals surface area contributed by atoms with Gasteiger partial charge in [0.05, 0.1) is 17.2 Å². The van der Waals surface area contributed by atoms with Crippen molar-refractivity contribution in [1.82, 2.24) is 15.3 Å². The molecule has 0 aliphatic rings. The fourth-order valence-electron chi connectivity index (χ4n) is 3.34. The molecule has 0 saturated heterocycles. The van der Waals surface area contributed by atoms with Crippen LogP contribution in [0.25, 0.3) is 22.3 Å². The van der Waals surface area contributed by atoms with Crippen molar-refractivity contribution in [2.45, 2.75) is 12.7 Å². The Morgan fingerprint density at radius 2 is 1.76 bits per heavy atom. The first-order valence-corrected chi connectivity index (χ1v) is 9.99. The number of alkyl halides is 3. The number of aromatic nitrogens is 2. The van der Waals surface area contributed by atoms with Crippen molar-refractivity contribution in [3.05, 3.63) is 83.4 Å². The van der Waals surface area contributed by atoms with Crippen LogP contribution in [0, 0.1) is 11.3 Å². The SMILES string of the molecule is N#Cc1ccc(C(F)(F)F)c(-c2cc3ccc(NC(=O)C(=O)NCc4ccccc4)nc3[nH]2)c1. The molecule has 0 aliphatic carbocycles. The molecular formula is C24H16F3N5O2. The molecule has 3 N–H and O–H groups in total. The number of anilines is 1. The molecule has 7 nitrogen and oxygen atoms in total. The standard InChI is InChI=1S/C24H16F3N5O2/c25-24(26,27)18-8-6-15(12-28)10-17(18)19-11-16-7-9-20(31-21(16)30-19)32-23(34)22(33)29-13-14-4-2-1-3-5-14/h1-11H,13H2,(H,29,33)(H2,30,31,32,34). The van der Waals surface area contributed by atoms with E-state index in [1.807, 2.05) is 12.1 Å². The highest BCUT2D eigenvalue weighted by atomic mass is 19.4. The molecule has 0 aliphatic heterocycles. The molecule has 10 heteroatoms. The first-order chi connectivity index (χ1) is 16.2. The lowest BCUT2D eigenvalue weighted by molar-refractivity contribution is -0.137. The second-order valence-corrected chi connectivity index (χ2v) is 7.31. The Labute approximate surface area is 191 Å². The average molecular weight is 463 g/mol. The average Bonchev–Trinajstić information content (AvgIpc) is 3.25. The number of nitriles is 1. The number of H-pyrrole nitrogens is 1. The van der Waals surface area contributed by atoms with E-state index in [0.29, 0.717) is 5.39 Å². The number of pyridine rings is 1. The number of benzene rings is 2. The van der Waals surface area contributed by atoms with Crippen LogP contribution >= 0.6 is 0 Å². The Kier molecular flexibility index (Phi) is 6.01. The zero-order valence-electron chi connectivity index (χ0n) is 17.4. The minimum atomic E-state index is -4.62. The Hall–Kier alpha value is -4.65. The molecular weight excluding hydrogens is 447 g/mol. The van der Waals surface area contributed by atoms with Gasteiger partial charge in [0.1, 0.15) is 11.5 Å². The van der Waals surface area contributed by atoms with Crippen LogP contribution in [0.5, 0.6) is 0 Å². The van der Waals surface area contributed by atoms with Crippen LogP contribution in [-0.4, -0.2) is 21.8 Å². The fourth-order valence-corrected chi connectivity index (χ4v) is 3.34. The molecule has 170 valence electrons. The van der Waals surface area contributed by atoms with Crippen LogP contribution in [0.2, 0.25) is 0 Å². The maximum absolute atomic E-state index is 13.5. The zero-order valence-corrected chi connectivity index (χ0v) is 17.4. The van der Waals surface area contributed by atoms with E-state index in [9.17, 15) is 22.8 Å². The molecule has 0 atom stereocenters. The number of aromatic amines is 1. The van der Waals surface area contributed by atoms with Crippen molar-refractivity contribution in [2.24, 2.45) is 0 Å². The number of carbonyl (C=O) groups excluding carboxylic acids is 2. The normalized spacial score (nSPS) is 11.1. The van der Waals surface area contributed by atoms with Crippen molar-refractivity contribution >= 4 is 28.7 Å². The van der Waals surface area contributed by atoms with Gasteiger partial charge in [-0.2, -0.15) is 18.4 Å². The van der Waals surface area contributed by atoms with Gasteiger partial charge >= 0.3 is 18.0 Å². The van der Waals surface area contributed by atoms with Crippen molar-refractivity contribution in [3.8, 4) is 17.3 Å². The van der Waals surface area contributed by atoms with Gasteiger partial charge in [0.2, 0.25) is 0 Å². The minimum absolute atomic E-state index is 0.0441. The Bertz CT molecular complexity index is 1420. The van der Waals surface area contributed by atoms with E-state index < -0.39 is 23.6 Å². The summed E-state index contributed by atoms with van der Waals surface area (Å²) in [6.45, 7) is 0.169. The molecule has 2 amide bonds. The number of halogens is 3. The van der Waals surface area contributed by atoms with E-state index in [-0.39, 0.29) is 34.8 Å². The van der Waals surface area contributed by atoms with Crippen LogP contribution in [0.1, 0.15) is 16.7 Å². The molecule has 4 rings (SSSR count). The van der Waals surface area contributed by atoms with Crippen molar-refractivity contribution in [3.63, 3.8) is 0 Å². The summed E-state index contributed by atoms with van der Waals surface area (Å²) in [5.74, 6) is -1.75. The van der Waals surface area contributed by atoms with Crippen molar-refractivity contribution < 1.29 is 22.8 Å². The predicted molar refractivity (Wildman–Crippen MR) is 118 cm³/mol. The van der Waals surface area contributed by atoms with Gasteiger partial charge in [-0.25, -0.2) is 4.98 Å². The van der Waals surface area contributed by atoms with Gasteiger partial charge in [0.15, 0.2) is 0 Å². The number of hydrogen-bond acceptors (Lipinski definition) is 4. The molecule has 2 aromatic carbocycles. The molecule has 4 aromatic rings. The summed E-state index contributed by atoms with van der Waals surface area (Å²) in [7, 11) is 0. The van der Waals surface area contributed by atoms with Crippen LogP contribution < -0.4 is 10.6 Å². The highest BCUT2D eigenvalue weighted by Crippen LogP contribution is 2.38. The summed E-state index contributed by atoms with van der Waals surface area (Å²) in [5.41, 5.74) is 0.103. The quantitative estimate of drug-likeness (QED) is 0.390. The number of nitrogens with zero attached hydrogens (tertiary/aromatic N) is 2. The first kappa shape index (κ1) is 22.5. The molecule has 2 aromatic heterocycles. The van der Waals surface area contributed by atoms with E-state index in [0.717, 1.165) is 23.8 Å². The molecule has 0 saturated carbocycles. The number of nitrogens with one attached hydrogen (secondary N) is 3. The van der Waals surface area contributed by atoms with Gasteiger partial charge in [0, 0.05) is 23.2 Å². The first-order valence-electron chi connectivity index (χ1n) is 9.99. The summed E-state index contributed by atoms with van der Waals surface area (Å²) >= 11 is 0. The third kappa shape index (κ3) is 4.88. The van der Waals surface area contributed by atoms with Crippen LogP contribution in [0.4, 0.5) is 19.0 Å². The minimum Gasteiger partial charge on any atom is -0.344 e. The number of hydrogen-bond donors (Lipinski definition) is 3. The summed E-state index contributed by atoms with van der Waals surface area (Å²) in [5, 5.41) is 14.4. The molecule has 2 heterocycles. The van der Waals surface area contributed by atoms with E-state index in [1.54, 1.807) is 30.3 Å². The number of carbonyl (C=O) groups is 2. The van der Waals surface area contributed by atoms with Gasteiger partial charge in [-0.05, 0) is 42.0 Å². The Morgan fingerprint density at radius 3 is 2.47 bits per heavy atom. The Balaban J connectivity index is 1.55. The lowest BCUT2D eigenvalue weighted by atomic mass is 10.0. The highest BCUT2D eigenvalue weighted by Gasteiger charge is 2.34. The van der Waals surface area contributed by atoms with E-state index >= 15 is 0 Å². The summed E-state index contributed by atoms with van der Waals surface area (Å²) in [4.78, 5) is 31.2. The van der Waals surface area contributed by atoms with Gasteiger partial charge in [0.25, 0.3) is 0 Å². The van der Waals surface area contributed by atoms with E-state index in [1.165, 1.54) is 12.1 Å². The van der Waals surface area contributed by atoms with Crippen LogP contribution in [0.15, 0.2) is 66.7 Å². The molecule has 0 unspecified atom stereocenters. The topological polar surface area (TPSA) is 111 Å². The summed E-state index contributed by atoms with van der Waals surface area (Å²) < 4.78 is 40.4. The van der Waals surface area contributed by atoms with Gasteiger partial charge in [-0.3, -0.25) is 9.59 Å². The number of fused-ring (bicyclic) bond motifs is 1. The van der Waals surface area contributed by atoms with Crippen molar-refractivity contribution in [1.29, 1.82) is 5.26 Å². The van der Waals surface area contributed by atoms with Crippen molar-refractivity contribution in [2.75, 3.05) is 5.32 Å². The Morgan fingerprint density at radius 1 is 1.00 bits per heavy atom. The van der Waals surface area contributed by atoms with Crippen LogP contribution in [0.3, 0.4) is 0 Å². The largest absolute Gasteiger partial charge is 0.417 e. The fraction of sp³-hybridized carbons (Fsp3) is 0.0833. The van der Waals surface area contributed by atoms with Gasteiger partial charge in [-0.15, -0.1) is 0 Å². The van der Waals surface area contributed by atoms with Gasteiger partial charge < -0.3 is 15.6 Å². The molecule has 0 radical (unpaired) electrons. The van der Waals surface area contributed by atoms with Gasteiger partial charge in [-0.1, -0.05) is 30.3 Å². The van der Waals surface area contributed by atoms with Crippen LogP contribution in [-0.2, 0) is 22.3 Å². The third-order valence-electron chi connectivity index (χ3n) is 4.97. The molecule has 0 bridgehead atoms. The van der Waals surface area contributed by atoms with E-state index in [4.69, 9.17) is 5.26 Å². The zero-order chi connectivity index (χ0) is 24.3.